The molecule has 0 saturated heterocycles. The Morgan fingerprint density at radius 3 is 2.22 bits per heavy atom. The van der Waals surface area contributed by atoms with Crippen molar-refractivity contribution in [1.82, 2.24) is 5.32 Å². The maximum Gasteiger partial charge on any atom is 0.343 e. The molecule has 0 saturated carbocycles. The number of hydrogen-bond donors (Lipinski definition) is 1. The Morgan fingerprint density at radius 2 is 2.11 bits per heavy atom. The van der Waals surface area contributed by atoms with Crippen LogP contribution < -0.4 is 5.32 Å². The Hall–Kier alpha value is -0.440. The summed E-state index contributed by atoms with van der Waals surface area (Å²) < 4.78 is 1.76. The van der Waals surface area contributed by atoms with Crippen molar-refractivity contribution in [3.05, 3.63) is 0 Å². The third-order valence-corrected chi connectivity index (χ3v) is 1.54. The lowest BCUT2D eigenvalue weighted by atomic mass is 10.4. The van der Waals surface area contributed by atoms with Gasteiger partial charge in [-0.2, -0.15) is 0 Å². The number of hydrogen-bond acceptors (Lipinski definition) is 1. The van der Waals surface area contributed by atoms with Crippen molar-refractivity contribution in [1.29, 1.82) is 0 Å². The van der Waals surface area contributed by atoms with E-state index in [0.29, 0.717) is 11.2 Å². The Balaban J connectivity index is 3.89. The minimum Gasteiger partial charge on any atom is -0.267 e. The minimum atomic E-state index is 0.366. The molecule has 0 atom stereocenters. The molecule has 0 radical (unpaired) electrons. The molecule has 0 aromatic rings. The average molecular weight is 145 g/mol. The van der Waals surface area contributed by atoms with Crippen LogP contribution in [-0.4, -0.2) is 29.5 Å². The van der Waals surface area contributed by atoms with E-state index < -0.39 is 0 Å². The van der Waals surface area contributed by atoms with Crippen LogP contribution in [0.15, 0.2) is 0 Å². The summed E-state index contributed by atoms with van der Waals surface area (Å²) in [6.07, 6.45) is 0. The van der Waals surface area contributed by atoms with Gasteiger partial charge in [-0.3, -0.25) is 5.32 Å². The van der Waals surface area contributed by atoms with Crippen molar-refractivity contribution < 1.29 is 4.58 Å². The molecule has 0 aliphatic carbocycles. The van der Waals surface area contributed by atoms with Crippen LogP contribution in [0.1, 0.15) is 13.8 Å². The van der Waals surface area contributed by atoms with Gasteiger partial charge in [0.25, 0.3) is 0 Å². The lowest BCUT2D eigenvalue weighted by molar-refractivity contribution is -0.435. The SMILES string of the molecule is C=[N+](C(=S)NC)C(C)C. The third-order valence-electron chi connectivity index (χ3n) is 1.10. The molecular weight excluding hydrogens is 132 g/mol. The highest BCUT2D eigenvalue weighted by atomic mass is 32.1. The quantitative estimate of drug-likeness (QED) is 0.330. The Bertz CT molecular complexity index is 129. The second-order valence-electron chi connectivity index (χ2n) is 2.12. The van der Waals surface area contributed by atoms with Gasteiger partial charge in [-0.15, -0.1) is 0 Å². The molecule has 0 heterocycles. The molecule has 0 aromatic carbocycles. The molecular formula is C6H13N2S+. The fraction of sp³-hybridized carbons (Fsp3) is 0.667. The van der Waals surface area contributed by atoms with E-state index in [2.05, 4.69) is 12.0 Å². The lowest BCUT2D eigenvalue weighted by Crippen LogP contribution is -2.33. The zero-order valence-corrected chi connectivity index (χ0v) is 6.96. The van der Waals surface area contributed by atoms with Crippen LogP contribution in [0, 0.1) is 0 Å². The Labute approximate surface area is 61.6 Å². The van der Waals surface area contributed by atoms with Gasteiger partial charge in [0.15, 0.2) is 0 Å². The number of rotatable bonds is 1. The fourth-order valence-electron chi connectivity index (χ4n) is 0.378. The summed E-state index contributed by atoms with van der Waals surface area (Å²) in [5, 5.41) is 3.53. The summed E-state index contributed by atoms with van der Waals surface area (Å²) in [5.41, 5.74) is 0. The van der Waals surface area contributed by atoms with E-state index >= 15 is 0 Å². The summed E-state index contributed by atoms with van der Waals surface area (Å²) >= 11 is 4.91. The molecule has 0 aliphatic rings. The van der Waals surface area contributed by atoms with Gasteiger partial charge in [0, 0.05) is 12.2 Å². The lowest BCUT2D eigenvalue weighted by Gasteiger charge is -2.05. The van der Waals surface area contributed by atoms with Gasteiger partial charge in [0.05, 0.1) is 19.8 Å². The van der Waals surface area contributed by atoms with Crippen molar-refractivity contribution in [2.75, 3.05) is 7.05 Å². The largest absolute Gasteiger partial charge is 0.343 e. The first-order valence-corrected chi connectivity index (χ1v) is 3.32. The van der Waals surface area contributed by atoms with E-state index in [1.165, 1.54) is 0 Å². The van der Waals surface area contributed by atoms with E-state index in [4.69, 9.17) is 12.2 Å². The van der Waals surface area contributed by atoms with Gasteiger partial charge in [-0.1, -0.05) is 0 Å². The summed E-state index contributed by atoms with van der Waals surface area (Å²) in [6.45, 7) is 7.81. The Morgan fingerprint density at radius 1 is 1.67 bits per heavy atom. The third kappa shape index (κ3) is 2.56. The van der Waals surface area contributed by atoms with Crippen molar-refractivity contribution >= 4 is 24.0 Å². The molecule has 1 N–H and O–H groups in total. The molecule has 0 amide bonds. The minimum absolute atomic E-state index is 0.366. The summed E-state index contributed by atoms with van der Waals surface area (Å²) in [5.74, 6) is 0. The highest BCUT2D eigenvalue weighted by Gasteiger charge is 2.07. The van der Waals surface area contributed by atoms with Gasteiger partial charge in [-0.05, 0) is 13.8 Å². The standard InChI is InChI=1S/C6H12N2S/c1-5(2)8(4)6(9)7-3/h5H,4H2,1-3H3/p+1. The second kappa shape index (κ2) is 3.56. The predicted octanol–water partition coefficient (Wildman–Crippen LogP) is 0.612. The highest BCUT2D eigenvalue weighted by Crippen LogP contribution is 1.85. The second-order valence-corrected chi connectivity index (χ2v) is 2.51. The normalized spacial score (nSPS) is 9.33. The molecule has 0 unspecified atom stereocenters. The van der Waals surface area contributed by atoms with E-state index in [-0.39, 0.29) is 0 Å². The van der Waals surface area contributed by atoms with Crippen molar-refractivity contribution in [3.8, 4) is 0 Å². The number of nitrogens with zero attached hydrogens (tertiary/aromatic N) is 1. The highest BCUT2D eigenvalue weighted by molar-refractivity contribution is 7.79. The molecule has 52 valence electrons. The fourth-order valence-corrected chi connectivity index (χ4v) is 0.589. The van der Waals surface area contributed by atoms with Crippen LogP contribution in [-0.2, 0) is 0 Å². The maximum atomic E-state index is 4.91. The number of thiocarbonyl (C=S) groups is 1. The van der Waals surface area contributed by atoms with Gasteiger partial charge < -0.3 is 0 Å². The zero-order chi connectivity index (χ0) is 7.44. The maximum absolute atomic E-state index is 4.91. The summed E-state index contributed by atoms with van der Waals surface area (Å²) in [7, 11) is 1.79. The van der Waals surface area contributed by atoms with Crippen molar-refractivity contribution in [3.63, 3.8) is 0 Å². The topological polar surface area (TPSA) is 15.0 Å². The molecule has 0 bridgehead atoms. The molecule has 0 rings (SSSR count). The van der Waals surface area contributed by atoms with Crippen LogP contribution in [0.25, 0.3) is 0 Å². The molecule has 0 aromatic heterocycles. The Kier molecular flexibility index (Phi) is 3.39. The van der Waals surface area contributed by atoms with Gasteiger partial charge in [-0.25, -0.2) is 4.58 Å². The van der Waals surface area contributed by atoms with Crippen LogP contribution in [0.3, 0.4) is 0 Å². The summed E-state index contributed by atoms with van der Waals surface area (Å²) in [6, 6.07) is 0.366. The smallest absolute Gasteiger partial charge is 0.267 e. The first-order chi connectivity index (χ1) is 4.09. The van der Waals surface area contributed by atoms with E-state index in [0.717, 1.165) is 0 Å². The molecule has 0 fully saturated rings. The molecule has 3 heteroatoms. The molecule has 0 spiro atoms. The first-order valence-electron chi connectivity index (χ1n) is 2.91. The van der Waals surface area contributed by atoms with Crippen LogP contribution in [0.2, 0.25) is 0 Å². The van der Waals surface area contributed by atoms with E-state index in [1.807, 2.05) is 13.8 Å². The average Bonchev–Trinajstić information content (AvgIpc) is 1.84. The summed E-state index contributed by atoms with van der Waals surface area (Å²) in [4.78, 5) is 0. The molecule has 0 aliphatic heterocycles. The van der Waals surface area contributed by atoms with Gasteiger partial charge in [0.1, 0.15) is 0 Å². The molecule has 2 nitrogen and oxygen atoms in total. The number of nitrogens with one attached hydrogen (secondary N) is 1. The van der Waals surface area contributed by atoms with E-state index in [1.54, 1.807) is 11.6 Å². The first kappa shape index (κ1) is 8.56. The molecule has 9 heavy (non-hydrogen) atoms. The van der Waals surface area contributed by atoms with Gasteiger partial charge >= 0.3 is 5.11 Å². The van der Waals surface area contributed by atoms with Crippen LogP contribution in [0.4, 0.5) is 0 Å². The van der Waals surface area contributed by atoms with Crippen LogP contribution >= 0.6 is 12.2 Å². The van der Waals surface area contributed by atoms with Crippen LogP contribution in [0.5, 0.6) is 0 Å². The predicted molar refractivity (Wildman–Crippen MR) is 44.2 cm³/mol. The zero-order valence-electron chi connectivity index (χ0n) is 6.14. The van der Waals surface area contributed by atoms with E-state index in [9.17, 15) is 0 Å². The van der Waals surface area contributed by atoms with Crippen molar-refractivity contribution in [2.45, 2.75) is 19.9 Å². The van der Waals surface area contributed by atoms with Gasteiger partial charge in [0.2, 0.25) is 0 Å². The van der Waals surface area contributed by atoms with Crippen molar-refractivity contribution in [2.24, 2.45) is 0 Å². The monoisotopic (exact) mass is 145 g/mol.